The third kappa shape index (κ3) is 4.75. The van der Waals surface area contributed by atoms with Crippen LogP contribution in [0.25, 0.3) is 0 Å². The van der Waals surface area contributed by atoms with Crippen molar-refractivity contribution in [2.45, 2.75) is 51.5 Å². The molecule has 10 nitrogen and oxygen atoms in total. The van der Waals surface area contributed by atoms with Crippen LogP contribution in [0.1, 0.15) is 46.0 Å². The quantitative estimate of drug-likeness (QED) is 0.446. The standard InChI is InChI=1S/C17H26N4O6/c1-3-8-18-15(25)19-12(22)10-27-13(23)9-21-14(24)17(20-16(21)26)7-5-4-6-11(17)2/h11H,3-10H2,1-2H3,(H,20,26)(H2,18,19,22,25)/t11-,17-/m0/s1. The van der Waals surface area contributed by atoms with Crippen molar-refractivity contribution in [3.05, 3.63) is 0 Å². The van der Waals surface area contributed by atoms with E-state index in [1.54, 1.807) is 0 Å². The Bertz CT molecular complexity index is 637. The van der Waals surface area contributed by atoms with Gasteiger partial charge >= 0.3 is 18.0 Å². The number of amides is 6. The first-order chi connectivity index (χ1) is 12.8. The molecule has 2 atom stereocenters. The van der Waals surface area contributed by atoms with Crippen molar-refractivity contribution >= 4 is 29.8 Å². The largest absolute Gasteiger partial charge is 0.454 e. The lowest BCUT2D eigenvalue weighted by Gasteiger charge is -2.36. The minimum Gasteiger partial charge on any atom is -0.454 e. The molecule has 27 heavy (non-hydrogen) atoms. The molecular weight excluding hydrogens is 356 g/mol. The first-order valence-corrected chi connectivity index (χ1v) is 9.17. The average Bonchev–Trinajstić information content (AvgIpc) is 2.86. The summed E-state index contributed by atoms with van der Waals surface area (Å²) in [5.74, 6) is -2.15. The molecule has 1 spiro atoms. The van der Waals surface area contributed by atoms with Crippen molar-refractivity contribution in [2.24, 2.45) is 5.92 Å². The fourth-order valence-electron chi connectivity index (χ4n) is 3.41. The van der Waals surface area contributed by atoms with Gasteiger partial charge in [0.05, 0.1) is 0 Å². The third-order valence-electron chi connectivity index (χ3n) is 4.94. The van der Waals surface area contributed by atoms with E-state index in [1.807, 2.05) is 19.2 Å². The van der Waals surface area contributed by atoms with E-state index in [0.29, 0.717) is 19.4 Å². The number of carbonyl (C=O) groups excluding carboxylic acids is 5. The normalized spacial score (nSPS) is 24.5. The molecule has 1 aliphatic heterocycles. The molecule has 6 amide bonds. The van der Waals surface area contributed by atoms with Gasteiger partial charge in [-0.05, 0) is 25.2 Å². The van der Waals surface area contributed by atoms with Crippen LogP contribution in [0.2, 0.25) is 0 Å². The van der Waals surface area contributed by atoms with Gasteiger partial charge in [0.15, 0.2) is 6.61 Å². The fraction of sp³-hybridized carbons (Fsp3) is 0.706. The van der Waals surface area contributed by atoms with Crippen LogP contribution in [-0.4, -0.2) is 60.0 Å². The highest BCUT2D eigenvalue weighted by atomic mass is 16.5. The van der Waals surface area contributed by atoms with E-state index < -0.39 is 48.5 Å². The predicted molar refractivity (Wildman–Crippen MR) is 93.4 cm³/mol. The number of imide groups is 2. The SMILES string of the molecule is CCCNC(=O)NC(=O)COC(=O)CN1C(=O)N[C@]2(CCCC[C@@H]2C)C1=O. The van der Waals surface area contributed by atoms with Crippen molar-refractivity contribution < 1.29 is 28.7 Å². The van der Waals surface area contributed by atoms with Crippen molar-refractivity contribution in [2.75, 3.05) is 19.7 Å². The Labute approximate surface area is 157 Å². The van der Waals surface area contributed by atoms with E-state index in [9.17, 15) is 24.0 Å². The Morgan fingerprint density at radius 1 is 1.30 bits per heavy atom. The van der Waals surface area contributed by atoms with E-state index in [2.05, 4.69) is 10.6 Å². The number of nitrogens with zero attached hydrogens (tertiary/aromatic N) is 1. The minimum absolute atomic E-state index is 0.0175. The van der Waals surface area contributed by atoms with Gasteiger partial charge in [0.2, 0.25) is 0 Å². The first kappa shape index (κ1) is 20.7. The van der Waals surface area contributed by atoms with Gasteiger partial charge in [-0.15, -0.1) is 0 Å². The number of carbonyl (C=O) groups is 5. The zero-order valence-electron chi connectivity index (χ0n) is 15.6. The molecule has 1 saturated carbocycles. The van der Waals surface area contributed by atoms with Crippen LogP contribution in [0.4, 0.5) is 9.59 Å². The lowest BCUT2D eigenvalue weighted by molar-refractivity contribution is -0.151. The fourth-order valence-corrected chi connectivity index (χ4v) is 3.41. The van der Waals surface area contributed by atoms with Gasteiger partial charge in [-0.1, -0.05) is 26.7 Å². The van der Waals surface area contributed by atoms with Gasteiger partial charge in [-0.25, -0.2) is 9.59 Å². The zero-order valence-corrected chi connectivity index (χ0v) is 15.6. The Morgan fingerprint density at radius 3 is 2.70 bits per heavy atom. The lowest BCUT2D eigenvalue weighted by Crippen LogP contribution is -2.54. The molecular formula is C17H26N4O6. The van der Waals surface area contributed by atoms with Crippen LogP contribution in [0.5, 0.6) is 0 Å². The van der Waals surface area contributed by atoms with Crippen LogP contribution in [0.3, 0.4) is 0 Å². The Morgan fingerprint density at radius 2 is 2.04 bits per heavy atom. The zero-order chi connectivity index (χ0) is 20.0. The van der Waals surface area contributed by atoms with E-state index in [4.69, 9.17) is 4.74 Å². The summed E-state index contributed by atoms with van der Waals surface area (Å²) < 4.78 is 4.77. The molecule has 2 rings (SSSR count). The lowest BCUT2D eigenvalue weighted by atomic mass is 9.73. The number of hydrogen-bond donors (Lipinski definition) is 3. The van der Waals surface area contributed by atoms with Gasteiger partial charge in [0.1, 0.15) is 12.1 Å². The van der Waals surface area contributed by atoms with E-state index in [1.165, 1.54) is 0 Å². The van der Waals surface area contributed by atoms with Crippen molar-refractivity contribution in [1.29, 1.82) is 0 Å². The number of nitrogens with one attached hydrogen (secondary N) is 3. The molecule has 0 unspecified atom stereocenters. The molecule has 2 fully saturated rings. The summed E-state index contributed by atoms with van der Waals surface area (Å²) in [5, 5.41) is 7.18. The molecule has 10 heteroatoms. The minimum atomic E-state index is -0.954. The molecule has 0 aromatic carbocycles. The summed E-state index contributed by atoms with van der Waals surface area (Å²) in [6, 6.07) is -1.31. The molecule has 2 aliphatic rings. The molecule has 0 bridgehead atoms. The summed E-state index contributed by atoms with van der Waals surface area (Å²) in [7, 11) is 0. The molecule has 0 aromatic heterocycles. The highest BCUT2D eigenvalue weighted by Crippen LogP contribution is 2.38. The summed E-state index contributed by atoms with van der Waals surface area (Å²) in [6.45, 7) is 2.92. The van der Waals surface area contributed by atoms with Gasteiger partial charge in [0.25, 0.3) is 11.8 Å². The van der Waals surface area contributed by atoms with Gasteiger partial charge in [0, 0.05) is 6.54 Å². The maximum Gasteiger partial charge on any atom is 0.326 e. The van der Waals surface area contributed by atoms with Crippen molar-refractivity contribution in [1.82, 2.24) is 20.9 Å². The second kappa shape index (κ2) is 8.83. The van der Waals surface area contributed by atoms with Crippen LogP contribution in [-0.2, 0) is 19.1 Å². The van der Waals surface area contributed by atoms with Crippen molar-refractivity contribution in [3.8, 4) is 0 Å². The second-order valence-electron chi connectivity index (χ2n) is 6.90. The van der Waals surface area contributed by atoms with Crippen LogP contribution >= 0.6 is 0 Å². The van der Waals surface area contributed by atoms with Gasteiger partial charge < -0.3 is 15.4 Å². The highest BCUT2D eigenvalue weighted by Gasteiger charge is 2.55. The number of esters is 1. The van der Waals surface area contributed by atoms with Crippen LogP contribution in [0, 0.1) is 5.92 Å². The molecule has 1 heterocycles. The third-order valence-corrected chi connectivity index (χ3v) is 4.94. The monoisotopic (exact) mass is 382 g/mol. The van der Waals surface area contributed by atoms with Crippen molar-refractivity contribution in [3.63, 3.8) is 0 Å². The summed E-state index contributed by atoms with van der Waals surface area (Å²) in [6.07, 6.45) is 3.90. The highest BCUT2D eigenvalue weighted by molar-refractivity contribution is 6.09. The topological polar surface area (TPSA) is 134 Å². The van der Waals surface area contributed by atoms with E-state index in [0.717, 1.165) is 24.2 Å². The number of ether oxygens (including phenoxy) is 1. The first-order valence-electron chi connectivity index (χ1n) is 9.17. The average molecular weight is 382 g/mol. The molecule has 150 valence electrons. The van der Waals surface area contributed by atoms with Crippen LogP contribution < -0.4 is 16.0 Å². The Kier molecular flexibility index (Phi) is 6.75. The van der Waals surface area contributed by atoms with Gasteiger partial charge in [-0.3, -0.25) is 24.6 Å². The maximum absolute atomic E-state index is 12.7. The molecule has 1 saturated heterocycles. The maximum atomic E-state index is 12.7. The number of urea groups is 2. The van der Waals surface area contributed by atoms with Crippen LogP contribution in [0.15, 0.2) is 0 Å². The summed E-state index contributed by atoms with van der Waals surface area (Å²) in [4.78, 5) is 60.6. The molecule has 0 aromatic rings. The number of rotatable bonds is 6. The summed E-state index contributed by atoms with van der Waals surface area (Å²) >= 11 is 0. The van der Waals surface area contributed by atoms with E-state index >= 15 is 0 Å². The van der Waals surface area contributed by atoms with Gasteiger partial charge in [-0.2, -0.15) is 0 Å². The Balaban J connectivity index is 1.83. The second-order valence-corrected chi connectivity index (χ2v) is 6.90. The molecule has 0 radical (unpaired) electrons. The molecule has 3 N–H and O–H groups in total. The molecule has 1 aliphatic carbocycles. The van der Waals surface area contributed by atoms with E-state index in [-0.39, 0.29) is 5.92 Å². The number of hydrogen-bond acceptors (Lipinski definition) is 6. The smallest absolute Gasteiger partial charge is 0.326 e. The Hall–Kier alpha value is -2.65. The predicted octanol–water partition coefficient (Wildman–Crippen LogP) is 0.266. The summed E-state index contributed by atoms with van der Waals surface area (Å²) in [5.41, 5.74) is -0.954.